The average molecular weight is 268 g/mol. The lowest BCUT2D eigenvalue weighted by Gasteiger charge is -2.41. The SMILES string of the molecule is CC1CN(Cc2ccncc2Cl)C(C(C)C)CN1. The quantitative estimate of drug-likeness (QED) is 0.912. The number of pyridine rings is 1. The van der Waals surface area contributed by atoms with Crippen LogP contribution in [0.2, 0.25) is 5.02 Å². The lowest BCUT2D eigenvalue weighted by atomic mass is 9.98. The van der Waals surface area contributed by atoms with E-state index in [0.717, 1.165) is 24.7 Å². The fourth-order valence-electron chi connectivity index (χ4n) is 2.59. The van der Waals surface area contributed by atoms with Crippen LogP contribution in [0.25, 0.3) is 0 Å². The minimum absolute atomic E-state index is 0.542. The minimum atomic E-state index is 0.542. The van der Waals surface area contributed by atoms with E-state index in [-0.39, 0.29) is 0 Å². The lowest BCUT2D eigenvalue weighted by molar-refractivity contribution is 0.0956. The van der Waals surface area contributed by atoms with Crippen LogP contribution in [-0.4, -0.2) is 35.1 Å². The van der Waals surface area contributed by atoms with E-state index in [9.17, 15) is 0 Å². The van der Waals surface area contributed by atoms with Gasteiger partial charge >= 0.3 is 0 Å². The first-order valence-electron chi connectivity index (χ1n) is 6.63. The van der Waals surface area contributed by atoms with Crippen molar-refractivity contribution in [3.05, 3.63) is 29.0 Å². The molecule has 0 bridgehead atoms. The number of rotatable bonds is 3. The normalized spacial score (nSPS) is 25.6. The third-order valence-corrected chi connectivity index (χ3v) is 3.99. The van der Waals surface area contributed by atoms with Crippen LogP contribution in [0.15, 0.2) is 18.5 Å². The van der Waals surface area contributed by atoms with Crippen LogP contribution in [0.1, 0.15) is 26.3 Å². The Labute approximate surface area is 115 Å². The fourth-order valence-corrected chi connectivity index (χ4v) is 2.77. The van der Waals surface area contributed by atoms with E-state index in [4.69, 9.17) is 11.6 Å². The molecular weight excluding hydrogens is 246 g/mol. The molecule has 1 aromatic rings. The maximum atomic E-state index is 6.20. The van der Waals surface area contributed by atoms with Gasteiger partial charge in [-0.3, -0.25) is 9.88 Å². The predicted octanol–water partition coefficient (Wildman–Crippen LogP) is 2.55. The smallest absolute Gasteiger partial charge is 0.0634 e. The molecule has 2 atom stereocenters. The van der Waals surface area contributed by atoms with Crippen LogP contribution in [0.4, 0.5) is 0 Å². The Bertz CT molecular complexity index is 394. The second-order valence-corrected chi connectivity index (χ2v) is 5.92. The van der Waals surface area contributed by atoms with E-state index >= 15 is 0 Å². The Morgan fingerprint density at radius 3 is 3.00 bits per heavy atom. The number of nitrogens with zero attached hydrogens (tertiary/aromatic N) is 2. The molecule has 100 valence electrons. The summed E-state index contributed by atoms with van der Waals surface area (Å²) >= 11 is 6.20. The lowest BCUT2D eigenvalue weighted by Crippen LogP contribution is -2.56. The predicted molar refractivity (Wildman–Crippen MR) is 75.7 cm³/mol. The van der Waals surface area contributed by atoms with Crippen LogP contribution in [0.3, 0.4) is 0 Å². The summed E-state index contributed by atoms with van der Waals surface area (Å²) in [6.45, 7) is 9.84. The van der Waals surface area contributed by atoms with Crippen molar-refractivity contribution >= 4 is 11.6 Å². The zero-order valence-electron chi connectivity index (χ0n) is 11.4. The van der Waals surface area contributed by atoms with Crippen molar-refractivity contribution in [2.45, 2.75) is 39.4 Å². The molecule has 2 heterocycles. The number of aromatic nitrogens is 1. The van der Waals surface area contributed by atoms with Crippen LogP contribution in [0, 0.1) is 5.92 Å². The molecule has 2 rings (SSSR count). The molecule has 1 saturated heterocycles. The Kier molecular flexibility index (Phi) is 4.60. The highest BCUT2D eigenvalue weighted by Crippen LogP contribution is 2.21. The summed E-state index contributed by atoms with van der Waals surface area (Å²) in [4.78, 5) is 6.58. The van der Waals surface area contributed by atoms with Gasteiger partial charge in [0.2, 0.25) is 0 Å². The molecule has 1 aliphatic rings. The van der Waals surface area contributed by atoms with Crippen LogP contribution in [-0.2, 0) is 6.54 Å². The third-order valence-electron chi connectivity index (χ3n) is 3.65. The Morgan fingerprint density at radius 2 is 2.33 bits per heavy atom. The van der Waals surface area contributed by atoms with Crippen molar-refractivity contribution in [1.82, 2.24) is 15.2 Å². The summed E-state index contributed by atoms with van der Waals surface area (Å²) in [7, 11) is 0. The molecule has 0 saturated carbocycles. The molecule has 1 aliphatic heterocycles. The summed E-state index contributed by atoms with van der Waals surface area (Å²) in [5.41, 5.74) is 1.17. The van der Waals surface area contributed by atoms with Crippen LogP contribution < -0.4 is 5.32 Å². The second kappa shape index (κ2) is 6.00. The van der Waals surface area contributed by atoms with Gasteiger partial charge in [0.15, 0.2) is 0 Å². The van der Waals surface area contributed by atoms with E-state index in [0.29, 0.717) is 18.0 Å². The van der Waals surface area contributed by atoms with Gasteiger partial charge in [-0.1, -0.05) is 25.4 Å². The van der Waals surface area contributed by atoms with Gasteiger partial charge in [-0.2, -0.15) is 0 Å². The van der Waals surface area contributed by atoms with Crippen molar-refractivity contribution < 1.29 is 0 Å². The average Bonchev–Trinajstić information content (AvgIpc) is 2.32. The van der Waals surface area contributed by atoms with Gasteiger partial charge in [0.1, 0.15) is 0 Å². The van der Waals surface area contributed by atoms with Gasteiger partial charge in [0.25, 0.3) is 0 Å². The van der Waals surface area contributed by atoms with E-state index in [1.165, 1.54) is 5.56 Å². The first-order chi connectivity index (χ1) is 8.58. The molecule has 2 unspecified atom stereocenters. The van der Waals surface area contributed by atoms with Crippen molar-refractivity contribution in [3.8, 4) is 0 Å². The van der Waals surface area contributed by atoms with Crippen LogP contribution >= 0.6 is 11.6 Å². The molecule has 0 amide bonds. The van der Waals surface area contributed by atoms with E-state index in [1.54, 1.807) is 6.20 Å². The monoisotopic (exact) mass is 267 g/mol. The molecular formula is C14H22ClN3. The molecule has 0 aliphatic carbocycles. The molecule has 3 nitrogen and oxygen atoms in total. The summed E-state index contributed by atoms with van der Waals surface area (Å²) < 4.78 is 0. The number of piperazine rings is 1. The highest BCUT2D eigenvalue weighted by atomic mass is 35.5. The van der Waals surface area contributed by atoms with Gasteiger partial charge in [-0.15, -0.1) is 0 Å². The molecule has 0 aromatic carbocycles. The molecule has 1 fully saturated rings. The first kappa shape index (κ1) is 13.8. The zero-order valence-corrected chi connectivity index (χ0v) is 12.1. The number of halogens is 1. The number of nitrogens with one attached hydrogen (secondary N) is 1. The zero-order chi connectivity index (χ0) is 13.1. The highest BCUT2D eigenvalue weighted by Gasteiger charge is 2.28. The Morgan fingerprint density at radius 1 is 1.56 bits per heavy atom. The van der Waals surface area contributed by atoms with E-state index < -0.39 is 0 Å². The maximum Gasteiger partial charge on any atom is 0.0634 e. The topological polar surface area (TPSA) is 28.2 Å². The number of hydrogen-bond donors (Lipinski definition) is 1. The van der Waals surface area contributed by atoms with Gasteiger partial charge in [0.05, 0.1) is 5.02 Å². The van der Waals surface area contributed by atoms with Crippen molar-refractivity contribution in [1.29, 1.82) is 0 Å². The summed E-state index contributed by atoms with van der Waals surface area (Å²) in [5, 5.41) is 4.33. The van der Waals surface area contributed by atoms with Gasteiger partial charge in [-0.25, -0.2) is 0 Å². The second-order valence-electron chi connectivity index (χ2n) is 5.52. The summed E-state index contributed by atoms with van der Waals surface area (Å²) in [6.07, 6.45) is 3.55. The van der Waals surface area contributed by atoms with Crippen molar-refractivity contribution in [3.63, 3.8) is 0 Å². The summed E-state index contributed by atoms with van der Waals surface area (Å²) in [6, 6.07) is 3.14. The Balaban J connectivity index is 2.11. The Hall–Kier alpha value is -0.640. The van der Waals surface area contributed by atoms with E-state index in [1.807, 2.05) is 12.3 Å². The standard InChI is InChI=1S/C14H22ClN3/c1-10(2)14-7-17-11(3)8-18(14)9-12-4-5-16-6-13(12)15/h4-6,10-11,14,17H,7-9H2,1-3H3. The van der Waals surface area contributed by atoms with Crippen molar-refractivity contribution in [2.75, 3.05) is 13.1 Å². The minimum Gasteiger partial charge on any atom is -0.311 e. The molecule has 1 aromatic heterocycles. The first-order valence-corrected chi connectivity index (χ1v) is 7.01. The van der Waals surface area contributed by atoms with Crippen LogP contribution in [0.5, 0.6) is 0 Å². The summed E-state index contributed by atoms with van der Waals surface area (Å²) in [5.74, 6) is 0.644. The molecule has 0 spiro atoms. The third kappa shape index (κ3) is 3.22. The fraction of sp³-hybridized carbons (Fsp3) is 0.643. The highest BCUT2D eigenvalue weighted by molar-refractivity contribution is 6.31. The number of hydrogen-bond acceptors (Lipinski definition) is 3. The molecule has 0 radical (unpaired) electrons. The molecule has 4 heteroatoms. The van der Waals surface area contributed by atoms with Gasteiger partial charge in [0, 0.05) is 44.1 Å². The maximum absolute atomic E-state index is 6.20. The van der Waals surface area contributed by atoms with Crippen molar-refractivity contribution in [2.24, 2.45) is 5.92 Å². The molecule has 1 N–H and O–H groups in total. The van der Waals surface area contributed by atoms with Gasteiger partial charge in [-0.05, 0) is 24.5 Å². The van der Waals surface area contributed by atoms with E-state index in [2.05, 4.69) is 36.0 Å². The molecule has 18 heavy (non-hydrogen) atoms. The largest absolute Gasteiger partial charge is 0.311 e. The van der Waals surface area contributed by atoms with Gasteiger partial charge < -0.3 is 5.32 Å².